The van der Waals surface area contributed by atoms with Crippen molar-refractivity contribution >= 4 is 64.8 Å². The third-order valence-electron chi connectivity index (χ3n) is 10.6. The molecule has 67 heavy (non-hydrogen) atoms. The van der Waals surface area contributed by atoms with Crippen molar-refractivity contribution in [1.29, 1.82) is 0 Å². The van der Waals surface area contributed by atoms with Crippen molar-refractivity contribution in [3.63, 3.8) is 0 Å². The van der Waals surface area contributed by atoms with Crippen LogP contribution in [0.5, 0.6) is 23.0 Å². The fourth-order valence-electron chi connectivity index (χ4n) is 6.29. The highest BCUT2D eigenvalue weighted by Crippen LogP contribution is 2.33. The van der Waals surface area contributed by atoms with Crippen LogP contribution < -0.4 is 14.8 Å². The van der Waals surface area contributed by atoms with E-state index in [4.69, 9.17) is 42.1 Å². The number of cyclic esters (lactones) is 2. The topological polar surface area (TPSA) is 256 Å². The molecular weight excluding hydrogens is 913 g/mol. The molecule has 8 atom stereocenters. The number of phenolic OH excluding ortho intramolecular Hbond substituents is 2. The van der Waals surface area contributed by atoms with E-state index in [1.54, 1.807) is 45.9 Å². The van der Waals surface area contributed by atoms with E-state index in [9.17, 15) is 54.6 Å². The van der Waals surface area contributed by atoms with E-state index in [2.05, 4.69) is 5.32 Å². The monoisotopic (exact) mass is 967 g/mol. The maximum Gasteiger partial charge on any atom is 0.342 e. The number of hydrogen-bond donors (Lipinski definition) is 7. The van der Waals surface area contributed by atoms with Gasteiger partial charge in [0, 0.05) is 30.9 Å². The highest BCUT2D eigenvalue weighted by Gasteiger charge is 2.27. The summed E-state index contributed by atoms with van der Waals surface area (Å²) in [6.45, 7) is 8.64. The number of carbonyl (C=O) groups is 5. The highest BCUT2D eigenvalue weighted by molar-refractivity contribution is 6.42. The second-order valence-electron chi connectivity index (χ2n) is 15.9. The molecule has 0 unspecified atom stereocenters. The summed E-state index contributed by atoms with van der Waals surface area (Å²) in [5.74, 6) is -3.94. The van der Waals surface area contributed by atoms with Gasteiger partial charge in [-0.2, -0.15) is 0 Å². The summed E-state index contributed by atoms with van der Waals surface area (Å²) in [6.07, 6.45) is 3.90. The van der Waals surface area contributed by atoms with Crippen LogP contribution in [0.3, 0.4) is 0 Å². The van der Waals surface area contributed by atoms with Crippen LogP contribution in [0.4, 0.5) is 0 Å². The molecule has 0 saturated heterocycles. The Balaban J connectivity index is 0.000000294. The molecule has 3 aromatic carbocycles. The number of aromatic hydroxyl groups is 2. The molecule has 5 rings (SSSR count). The number of nitrogens with one attached hydrogen (secondary N) is 1. The maximum absolute atomic E-state index is 12.9. The molecule has 2 aliphatic rings. The molecule has 0 saturated carbocycles. The van der Waals surface area contributed by atoms with Gasteiger partial charge in [-0.05, 0) is 79.8 Å². The lowest BCUT2D eigenvalue weighted by Crippen LogP contribution is -2.32. The number of carbonyl (C=O) groups excluding carboxylic acids is 5. The number of benzene rings is 3. The Morgan fingerprint density at radius 1 is 0.672 bits per heavy atom. The van der Waals surface area contributed by atoms with Crippen LogP contribution in [-0.2, 0) is 30.5 Å². The van der Waals surface area contributed by atoms with Crippen LogP contribution in [0.25, 0.3) is 12.2 Å². The standard InChI is InChI=1S/C26H26Cl2O7.C23H29NO8/c1-14-6-9-22(30)25(32)21(29)5-3-4-17-11-18(12-23(31)24(17)26(33)35-15(14)2)34-13-16-7-8-19(27)20(28)10-16;1-13-7-8-19(27)22(29)18(26)6-4-5-16-11-17(31-10-9-24-15(3)25)12-20(28)21(16)23(30)32-14(13)2/h3-4,6-12,14-15,21,25,29,31-32H,5,13H2,1-2H3;4-5,7-8,11-14,18,22,26,28-29H,6,9-10H2,1-3H3,(H,24,25)/b4-3+,9-6-;5-4+,8-7-/t14-,15+,21+,25+;13-,14+,18+,22+/m11/s1. The molecule has 16 nitrogen and oxygen atoms in total. The molecule has 0 aliphatic carbocycles. The van der Waals surface area contributed by atoms with Gasteiger partial charge >= 0.3 is 11.9 Å². The van der Waals surface area contributed by atoms with Gasteiger partial charge in [0.2, 0.25) is 5.91 Å². The van der Waals surface area contributed by atoms with Crippen molar-refractivity contribution in [1.82, 2.24) is 5.32 Å². The zero-order chi connectivity index (χ0) is 49.5. The minimum absolute atomic E-state index is 0.0731. The third kappa shape index (κ3) is 15.8. The number of esters is 2. The number of fused-ring (bicyclic) bond motifs is 2. The average Bonchev–Trinajstić information content (AvgIpc) is 3.27. The van der Waals surface area contributed by atoms with E-state index in [0.717, 1.165) is 11.6 Å². The summed E-state index contributed by atoms with van der Waals surface area (Å²) < 4.78 is 22.3. The largest absolute Gasteiger partial charge is 0.507 e. The Bertz CT molecular complexity index is 2400. The lowest BCUT2D eigenvalue weighted by atomic mass is 9.99. The zero-order valence-electron chi connectivity index (χ0n) is 37.4. The number of ether oxygens (including phenoxy) is 4. The Morgan fingerprint density at radius 3 is 1.58 bits per heavy atom. The second kappa shape index (κ2) is 25.2. The molecule has 2 heterocycles. The van der Waals surface area contributed by atoms with Gasteiger partial charge in [-0.3, -0.25) is 14.4 Å². The fraction of sp³-hybridized carbons (Fsp3) is 0.367. The van der Waals surface area contributed by atoms with Gasteiger partial charge in [0.1, 0.15) is 71.8 Å². The number of hydrogen-bond acceptors (Lipinski definition) is 15. The quantitative estimate of drug-likeness (QED) is 0.105. The van der Waals surface area contributed by atoms with E-state index >= 15 is 0 Å². The van der Waals surface area contributed by atoms with Gasteiger partial charge in [0.15, 0.2) is 11.6 Å². The van der Waals surface area contributed by atoms with Gasteiger partial charge < -0.3 is 54.9 Å². The van der Waals surface area contributed by atoms with Gasteiger partial charge in [-0.25, -0.2) is 9.59 Å². The summed E-state index contributed by atoms with van der Waals surface area (Å²) in [5.41, 5.74) is 1.13. The summed E-state index contributed by atoms with van der Waals surface area (Å²) in [6, 6.07) is 10.7. The van der Waals surface area contributed by atoms with Crippen LogP contribution in [0.1, 0.15) is 84.9 Å². The number of rotatable bonds is 7. The van der Waals surface area contributed by atoms with Crippen molar-refractivity contribution in [2.24, 2.45) is 11.8 Å². The summed E-state index contributed by atoms with van der Waals surface area (Å²) in [5, 5.41) is 65.0. The van der Waals surface area contributed by atoms with Crippen molar-refractivity contribution < 1.29 is 73.6 Å². The summed E-state index contributed by atoms with van der Waals surface area (Å²) >= 11 is 12.0. The van der Waals surface area contributed by atoms with Crippen LogP contribution >= 0.6 is 23.2 Å². The smallest absolute Gasteiger partial charge is 0.342 e. The van der Waals surface area contributed by atoms with Gasteiger partial charge in [-0.1, -0.05) is 79.6 Å². The van der Waals surface area contributed by atoms with E-state index in [1.165, 1.54) is 73.7 Å². The van der Waals surface area contributed by atoms with Crippen LogP contribution in [-0.4, -0.2) is 110 Å². The Hall–Kier alpha value is -6.01. The zero-order valence-corrected chi connectivity index (χ0v) is 38.9. The minimum Gasteiger partial charge on any atom is -0.507 e. The summed E-state index contributed by atoms with van der Waals surface area (Å²) in [4.78, 5) is 60.9. The first-order valence-corrected chi connectivity index (χ1v) is 22.0. The number of halogens is 2. The molecule has 0 fully saturated rings. The maximum atomic E-state index is 12.9. The number of phenols is 2. The van der Waals surface area contributed by atoms with E-state index in [1.807, 2.05) is 0 Å². The molecule has 360 valence electrons. The second-order valence-corrected chi connectivity index (χ2v) is 16.8. The third-order valence-corrected chi connectivity index (χ3v) is 11.4. The molecule has 7 N–H and O–H groups in total. The molecule has 18 heteroatoms. The van der Waals surface area contributed by atoms with Gasteiger partial charge in [-0.15, -0.1) is 0 Å². The molecular formula is C49H55Cl2NO15. The number of aliphatic hydroxyl groups excluding tert-OH is 4. The molecule has 0 spiro atoms. The van der Waals surface area contributed by atoms with E-state index in [-0.39, 0.29) is 95.6 Å². The lowest BCUT2D eigenvalue weighted by molar-refractivity contribution is -0.128. The minimum atomic E-state index is -1.60. The molecule has 1 amide bonds. The number of aliphatic hydroxyl groups is 4. The molecule has 0 bridgehead atoms. The van der Waals surface area contributed by atoms with Crippen molar-refractivity contribution in [3.8, 4) is 23.0 Å². The summed E-state index contributed by atoms with van der Waals surface area (Å²) in [7, 11) is 0. The lowest BCUT2D eigenvalue weighted by Gasteiger charge is -2.20. The molecule has 3 aromatic rings. The van der Waals surface area contributed by atoms with Crippen LogP contribution in [0.15, 0.2) is 78.9 Å². The predicted octanol–water partition coefficient (Wildman–Crippen LogP) is 6.08. The molecule has 0 radical (unpaired) electrons. The van der Waals surface area contributed by atoms with Crippen molar-refractivity contribution in [2.75, 3.05) is 13.2 Å². The molecule has 0 aromatic heterocycles. The van der Waals surface area contributed by atoms with Gasteiger partial charge in [0.25, 0.3) is 0 Å². The van der Waals surface area contributed by atoms with Crippen LogP contribution in [0, 0.1) is 11.8 Å². The van der Waals surface area contributed by atoms with Crippen molar-refractivity contribution in [3.05, 3.63) is 117 Å². The number of amides is 1. The average molecular weight is 969 g/mol. The van der Waals surface area contributed by atoms with Gasteiger partial charge in [0.05, 0.1) is 28.8 Å². The number of ketones is 2. The Kier molecular flexibility index (Phi) is 20.2. The van der Waals surface area contributed by atoms with Crippen LogP contribution in [0.2, 0.25) is 10.0 Å². The normalized spacial score (nSPS) is 25.7. The van der Waals surface area contributed by atoms with E-state index < -0.39 is 60.1 Å². The highest BCUT2D eigenvalue weighted by atomic mass is 35.5. The van der Waals surface area contributed by atoms with Crippen molar-refractivity contribution in [2.45, 2.75) is 90.7 Å². The first-order valence-electron chi connectivity index (χ1n) is 21.3. The molecule has 2 aliphatic heterocycles. The van der Waals surface area contributed by atoms with E-state index in [0.29, 0.717) is 10.0 Å². The predicted molar refractivity (Wildman–Crippen MR) is 249 cm³/mol. The Labute approximate surface area is 397 Å². The Morgan fingerprint density at radius 2 is 1.13 bits per heavy atom. The SMILES string of the molecule is CC(=O)NCCOc1cc(O)c2c(c1)/C=C/C[C@H](O)[C@H](O)C(=O)/C=C\[C@@H](C)[C@H](C)OC2=O.C[C@@H]1/C=C\C(=O)[C@@H](O)[C@@H](O)C/C=C/c2cc(OCc3ccc(Cl)c(Cl)c3)cc(O)c2C(=O)O[C@H]1C. The first kappa shape index (κ1) is 53.6. The fourth-order valence-corrected chi connectivity index (χ4v) is 6.61. The first-order chi connectivity index (χ1) is 31.7.